The highest BCUT2D eigenvalue weighted by Gasteiger charge is 2.27. The molecule has 0 spiro atoms. The number of ether oxygens (including phenoxy) is 1. The van der Waals surface area contributed by atoms with Gasteiger partial charge in [0.25, 0.3) is 0 Å². The average Bonchev–Trinajstić information content (AvgIpc) is 2.98. The van der Waals surface area contributed by atoms with Crippen molar-refractivity contribution in [1.82, 2.24) is 4.57 Å². The number of nitrogens with zero attached hydrogens (tertiary/aromatic N) is 1. The largest absolute Gasteiger partial charge is 0.490 e. The zero-order valence-corrected chi connectivity index (χ0v) is 12.8. The van der Waals surface area contributed by atoms with E-state index in [1.165, 1.54) is 11.1 Å². The van der Waals surface area contributed by atoms with E-state index in [-0.39, 0.29) is 6.10 Å². The Morgan fingerprint density at radius 3 is 2.90 bits per heavy atom. The molecule has 0 bridgehead atoms. The fourth-order valence-electron chi connectivity index (χ4n) is 3.01. The van der Waals surface area contributed by atoms with Crippen LogP contribution in [0.3, 0.4) is 0 Å². The number of unbranched alkanes of at least 4 members (excludes halogenated alkanes) is 1. The fraction of sp³-hybridized carbons (Fsp3) is 0.500. The summed E-state index contributed by atoms with van der Waals surface area (Å²) in [6.07, 6.45) is 4.50. The Morgan fingerprint density at radius 2 is 2.20 bits per heavy atom. The van der Waals surface area contributed by atoms with Crippen LogP contribution in [0.2, 0.25) is 5.02 Å². The normalized spacial score (nSPS) is 17.4. The van der Waals surface area contributed by atoms with Crippen LogP contribution in [0.5, 0.6) is 5.75 Å². The molecule has 1 atom stereocenters. The Morgan fingerprint density at radius 1 is 1.40 bits per heavy atom. The van der Waals surface area contributed by atoms with Gasteiger partial charge in [0, 0.05) is 23.9 Å². The summed E-state index contributed by atoms with van der Waals surface area (Å²) in [5, 5.41) is 1.73. The third-order valence-corrected chi connectivity index (χ3v) is 4.58. The second kappa shape index (κ2) is 5.21. The molecule has 1 unspecified atom stereocenters. The summed E-state index contributed by atoms with van der Waals surface area (Å²) >= 11 is 6.41. The van der Waals surface area contributed by atoms with Gasteiger partial charge < -0.3 is 15.0 Å². The van der Waals surface area contributed by atoms with Crippen molar-refractivity contribution in [2.75, 3.05) is 5.73 Å². The van der Waals surface area contributed by atoms with Gasteiger partial charge in [0.2, 0.25) is 0 Å². The highest BCUT2D eigenvalue weighted by Crippen LogP contribution is 2.42. The first-order valence-corrected chi connectivity index (χ1v) is 7.80. The maximum atomic E-state index is 6.41. The van der Waals surface area contributed by atoms with Crippen molar-refractivity contribution in [3.63, 3.8) is 0 Å². The molecule has 1 aromatic carbocycles. The molecule has 3 nitrogen and oxygen atoms in total. The molecule has 2 N–H and O–H groups in total. The quantitative estimate of drug-likeness (QED) is 0.908. The maximum Gasteiger partial charge on any atom is 0.125 e. The number of aryl methyl sites for hydroxylation is 1. The zero-order valence-electron chi connectivity index (χ0n) is 12.1. The summed E-state index contributed by atoms with van der Waals surface area (Å²) in [4.78, 5) is 0. The third-order valence-electron chi connectivity index (χ3n) is 4.18. The lowest BCUT2D eigenvalue weighted by molar-refractivity contribution is 0.228. The van der Waals surface area contributed by atoms with Gasteiger partial charge in [-0.2, -0.15) is 0 Å². The lowest BCUT2D eigenvalue weighted by Crippen LogP contribution is -2.10. The van der Waals surface area contributed by atoms with Gasteiger partial charge in [-0.15, -0.1) is 0 Å². The highest BCUT2D eigenvalue weighted by atomic mass is 35.5. The molecule has 0 saturated carbocycles. The molecule has 1 aromatic heterocycles. The van der Waals surface area contributed by atoms with Gasteiger partial charge in [0.15, 0.2) is 0 Å². The van der Waals surface area contributed by atoms with E-state index in [2.05, 4.69) is 18.4 Å². The lowest BCUT2D eigenvalue weighted by Gasteiger charge is -2.09. The molecule has 0 radical (unpaired) electrons. The molecule has 0 saturated heterocycles. The van der Waals surface area contributed by atoms with Crippen molar-refractivity contribution in [3.8, 4) is 5.75 Å². The smallest absolute Gasteiger partial charge is 0.125 e. The number of halogens is 1. The van der Waals surface area contributed by atoms with Gasteiger partial charge in [-0.3, -0.25) is 0 Å². The van der Waals surface area contributed by atoms with Crippen LogP contribution in [0, 0.1) is 0 Å². The molecule has 1 aliphatic heterocycles. The van der Waals surface area contributed by atoms with E-state index in [0.29, 0.717) is 10.8 Å². The van der Waals surface area contributed by atoms with Crippen LogP contribution < -0.4 is 10.5 Å². The van der Waals surface area contributed by atoms with Crippen LogP contribution in [0.4, 0.5) is 5.82 Å². The van der Waals surface area contributed by atoms with E-state index in [4.69, 9.17) is 22.1 Å². The molecule has 3 rings (SSSR count). The first-order chi connectivity index (χ1) is 9.67. The summed E-state index contributed by atoms with van der Waals surface area (Å²) in [5.74, 6) is 1.68. The second-order valence-electron chi connectivity index (χ2n) is 5.50. The zero-order chi connectivity index (χ0) is 14.3. The van der Waals surface area contributed by atoms with E-state index in [1.807, 2.05) is 12.1 Å². The molecule has 2 heterocycles. The second-order valence-corrected chi connectivity index (χ2v) is 5.87. The third kappa shape index (κ3) is 1.96. The molecule has 0 amide bonds. The minimum absolute atomic E-state index is 0.283. The standard InChI is InChI=1S/C16H21ClN2O/c1-3-5-8-19-15-11(14(17)16(19)18)6-7-13-12(15)9-10(4-2)20-13/h6-7,10H,3-5,8-9,18H2,1-2H3. The summed E-state index contributed by atoms with van der Waals surface area (Å²) in [7, 11) is 0. The number of nitrogens with two attached hydrogens (primary N) is 1. The Labute approximate surface area is 124 Å². The summed E-state index contributed by atoms with van der Waals surface area (Å²) in [6, 6.07) is 4.07. The van der Waals surface area contributed by atoms with Crippen molar-refractivity contribution >= 4 is 28.3 Å². The predicted molar refractivity (Wildman–Crippen MR) is 84.7 cm³/mol. The summed E-state index contributed by atoms with van der Waals surface area (Å²) < 4.78 is 8.14. The van der Waals surface area contributed by atoms with Crippen LogP contribution in [0.15, 0.2) is 12.1 Å². The Bertz CT molecular complexity index is 648. The van der Waals surface area contributed by atoms with E-state index < -0.39 is 0 Å². The topological polar surface area (TPSA) is 40.2 Å². The monoisotopic (exact) mass is 292 g/mol. The SMILES string of the molecule is CCCCn1c(N)c(Cl)c2ccc3c(c21)CC(CC)O3. The number of benzene rings is 1. The first-order valence-electron chi connectivity index (χ1n) is 7.43. The molecular weight excluding hydrogens is 272 g/mol. The number of hydrogen-bond acceptors (Lipinski definition) is 2. The van der Waals surface area contributed by atoms with E-state index in [1.54, 1.807) is 0 Å². The summed E-state index contributed by atoms with van der Waals surface area (Å²) in [5.41, 5.74) is 8.65. The van der Waals surface area contributed by atoms with Crippen LogP contribution in [-0.2, 0) is 13.0 Å². The fourth-order valence-corrected chi connectivity index (χ4v) is 3.27. The van der Waals surface area contributed by atoms with Gasteiger partial charge >= 0.3 is 0 Å². The number of rotatable bonds is 4. The average molecular weight is 293 g/mol. The van der Waals surface area contributed by atoms with Crippen molar-refractivity contribution in [2.24, 2.45) is 0 Å². The molecule has 0 fully saturated rings. The van der Waals surface area contributed by atoms with Crippen molar-refractivity contribution in [3.05, 3.63) is 22.7 Å². The van der Waals surface area contributed by atoms with Crippen molar-refractivity contribution < 1.29 is 4.74 Å². The molecule has 0 aliphatic carbocycles. The van der Waals surface area contributed by atoms with Crippen LogP contribution >= 0.6 is 11.6 Å². The van der Waals surface area contributed by atoms with E-state index >= 15 is 0 Å². The number of anilines is 1. The molecule has 4 heteroatoms. The van der Waals surface area contributed by atoms with Gasteiger partial charge in [-0.25, -0.2) is 0 Å². The minimum atomic E-state index is 0.283. The van der Waals surface area contributed by atoms with Crippen molar-refractivity contribution in [1.29, 1.82) is 0 Å². The number of fused-ring (bicyclic) bond motifs is 3. The molecule has 2 aromatic rings. The number of aromatic nitrogens is 1. The summed E-state index contributed by atoms with van der Waals surface area (Å²) in [6.45, 7) is 5.26. The van der Waals surface area contributed by atoms with E-state index in [9.17, 15) is 0 Å². The molecule has 1 aliphatic rings. The van der Waals surface area contributed by atoms with Gasteiger partial charge in [-0.1, -0.05) is 31.9 Å². The number of hydrogen-bond donors (Lipinski definition) is 1. The molecular formula is C16H21ClN2O. The van der Waals surface area contributed by atoms with Crippen LogP contribution in [0.1, 0.15) is 38.7 Å². The van der Waals surface area contributed by atoms with E-state index in [0.717, 1.165) is 43.4 Å². The molecule has 20 heavy (non-hydrogen) atoms. The predicted octanol–water partition coefficient (Wildman–Crippen LogP) is 4.39. The van der Waals surface area contributed by atoms with Gasteiger partial charge in [0.05, 0.1) is 10.5 Å². The van der Waals surface area contributed by atoms with Crippen LogP contribution in [0.25, 0.3) is 10.9 Å². The lowest BCUT2D eigenvalue weighted by atomic mass is 10.1. The maximum absolute atomic E-state index is 6.41. The Kier molecular flexibility index (Phi) is 3.55. The first kappa shape index (κ1) is 13.6. The Balaban J connectivity index is 2.18. The Hall–Kier alpha value is -1.35. The minimum Gasteiger partial charge on any atom is -0.490 e. The highest BCUT2D eigenvalue weighted by molar-refractivity contribution is 6.38. The van der Waals surface area contributed by atoms with Crippen molar-refractivity contribution in [2.45, 2.75) is 52.2 Å². The number of nitrogen functional groups attached to an aromatic ring is 1. The van der Waals surface area contributed by atoms with Gasteiger partial charge in [0.1, 0.15) is 17.7 Å². The molecule has 108 valence electrons. The van der Waals surface area contributed by atoms with Crippen LogP contribution in [-0.4, -0.2) is 10.7 Å². The van der Waals surface area contributed by atoms with Gasteiger partial charge in [-0.05, 0) is 25.0 Å².